The standard InChI is InChI=1S/C40H32N2/c1-3-41-37-19-15-29(27-11-7-5-8-12-27)23-33(37)35-25-31(17-21-39(35)41)32-18-22-40-36(26-32)34-24-30(28-13-9-6-10-14-28)16-20-38(34)42(40)4-2/h5-26H,3-4H2,1-2H3. The Kier molecular flexibility index (Phi) is 5.75. The molecule has 202 valence electrons. The summed E-state index contributed by atoms with van der Waals surface area (Å²) >= 11 is 0. The molecule has 8 rings (SSSR count). The van der Waals surface area contributed by atoms with Crippen molar-refractivity contribution in [2.24, 2.45) is 0 Å². The first-order valence-corrected chi connectivity index (χ1v) is 15.0. The Hall–Kier alpha value is -5.08. The van der Waals surface area contributed by atoms with Crippen molar-refractivity contribution in [3.63, 3.8) is 0 Å². The number of aromatic nitrogens is 2. The molecule has 0 saturated carbocycles. The summed E-state index contributed by atoms with van der Waals surface area (Å²) in [6.07, 6.45) is 0. The molecule has 2 heteroatoms. The van der Waals surface area contributed by atoms with Gasteiger partial charge in [0, 0.05) is 56.7 Å². The molecule has 2 aromatic heterocycles. The van der Waals surface area contributed by atoms with Crippen LogP contribution in [0.5, 0.6) is 0 Å². The predicted molar refractivity (Wildman–Crippen MR) is 180 cm³/mol. The summed E-state index contributed by atoms with van der Waals surface area (Å²) in [6.45, 7) is 6.35. The van der Waals surface area contributed by atoms with Gasteiger partial charge < -0.3 is 9.13 Å². The number of nitrogens with zero attached hydrogens (tertiary/aromatic N) is 2. The third kappa shape index (κ3) is 3.79. The Balaban J connectivity index is 1.32. The molecular formula is C40H32N2. The molecule has 0 amide bonds. The second-order valence-electron chi connectivity index (χ2n) is 11.1. The second kappa shape index (κ2) is 9.78. The van der Waals surface area contributed by atoms with E-state index in [9.17, 15) is 0 Å². The average molecular weight is 541 g/mol. The molecule has 0 radical (unpaired) electrons. The highest BCUT2D eigenvalue weighted by molar-refractivity contribution is 6.12. The number of hydrogen-bond acceptors (Lipinski definition) is 0. The fourth-order valence-corrected chi connectivity index (χ4v) is 6.87. The van der Waals surface area contributed by atoms with Crippen molar-refractivity contribution in [2.45, 2.75) is 26.9 Å². The van der Waals surface area contributed by atoms with Crippen LogP contribution >= 0.6 is 0 Å². The van der Waals surface area contributed by atoms with Gasteiger partial charge in [-0.05, 0) is 95.8 Å². The van der Waals surface area contributed by atoms with Crippen molar-refractivity contribution in [3.05, 3.63) is 133 Å². The van der Waals surface area contributed by atoms with E-state index in [4.69, 9.17) is 0 Å². The molecule has 0 aliphatic carbocycles. The SMILES string of the molecule is CCn1c2ccc(-c3ccccc3)cc2c2cc(-c3ccc4c(c3)c3cc(-c5ccccc5)ccc3n4CC)ccc21. The van der Waals surface area contributed by atoms with Gasteiger partial charge in [0.25, 0.3) is 0 Å². The summed E-state index contributed by atoms with van der Waals surface area (Å²) in [6, 6.07) is 49.2. The van der Waals surface area contributed by atoms with E-state index >= 15 is 0 Å². The molecule has 0 spiro atoms. The summed E-state index contributed by atoms with van der Waals surface area (Å²) in [5, 5.41) is 5.24. The van der Waals surface area contributed by atoms with Gasteiger partial charge in [-0.25, -0.2) is 0 Å². The Morgan fingerprint density at radius 1 is 0.333 bits per heavy atom. The number of rotatable bonds is 5. The fraction of sp³-hybridized carbons (Fsp3) is 0.100. The van der Waals surface area contributed by atoms with Crippen molar-refractivity contribution < 1.29 is 0 Å². The van der Waals surface area contributed by atoms with Gasteiger partial charge in [0.05, 0.1) is 0 Å². The van der Waals surface area contributed by atoms with Crippen molar-refractivity contribution in [1.29, 1.82) is 0 Å². The van der Waals surface area contributed by atoms with Crippen LogP contribution in [0.1, 0.15) is 13.8 Å². The summed E-state index contributed by atoms with van der Waals surface area (Å²) in [5.74, 6) is 0. The molecule has 0 aliphatic rings. The Morgan fingerprint density at radius 2 is 0.619 bits per heavy atom. The molecule has 0 atom stereocenters. The van der Waals surface area contributed by atoms with Crippen LogP contribution in [0.25, 0.3) is 77.0 Å². The van der Waals surface area contributed by atoms with Crippen LogP contribution in [0.4, 0.5) is 0 Å². The number of hydrogen-bond donors (Lipinski definition) is 0. The number of aryl methyl sites for hydroxylation is 2. The second-order valence-corrected chi connectivity index (χ2v) is 11.1. The highest BCUT2D eigenvalue weighted by atomic mass is 15.0. The average Bonchev–Trinajstić information content (AvgIpc) is 3.55. The van der Waals surface area contributed by atoms with E-state index in [0.29, 0.717) is 0 Å². The zero-order chi connectivity index (χ0) is 28.2. The maximum atomic E-state index is 2.44. The van der Waals surface area contributed by atoms with Crippen molar-refractivity contribution in [1.82, 2.24) is 9.13 Å². The van der Waals surface area contributed by atoms with Gasteiger partial charge >= 0.3 is 0 Å². The van der Waals surface area contributed by atoms with Crippen LogP contribution < -0.4 is 0 Å². The Bertz CT molecular complexity index is 2090. The first kappa shape index (κ1) is 24.7. The molecule has 2 nitrogen and oxygen atoms in total. The molecule has 0 aliphatic heterocycles. The van der Waals surface area contributed by atoms with Gasteiger partial charge in [-0.1, -0.05) is 84.9 Å². The lowest BCUT2D eigenvalue weighted by Crippen LogP contribution is -1.93. The first-order chi connectivity index (χ1) is 20.7. The lowest BCUT2D eigenvalue weighted by molar-refractivity contribution is 0.827. The first-order valence-electron chi connectivity index (χ1n) is 15.0. The minimum absolute atomic E-state index is 0.941. The van der Waals surface area contributed by atoms with E-state index in [1.165, 1.54) is 77.0 Å². The summed E-state index contributed by atoms with van der Waals surface area (Å²) in [7, 11) is 0. The van der Waals surface area contributed by atoms with Gasteiger partial charge in [-0.15, -0.1) is 0 Å². The highest BCUT2D eigenvalue weighted by Crippen LogP contribution is 2.38. The van der Waals surface area contributed by atoms with Crippen molar-refractivity contribution in [3.8, 4) is 33.4 Å². The molecule has 6 aromatic carbocycles. The van der Waals surface area contributed by atoms with Crippen LogP contribution in [0.15, 0.2) is 133 Å². The lowest BCUT2D eigenvalue weighted by atomic mass is 9.98. The van der Waals surface area contributed by atoms with E-state index in [2.05, 4.69) is 156 Å². The van der Waals surface area contributed by atoms with Crippen LogP contribution in [0.2, 0.25) is 0 Å². The molecule has 0 N–H and O–H groups in total. The summed E-state index contributed by atoms with van der Waals surface area (Å²) in [4.78, 5) is 0. The molecule has 0 saturated heterocycles. The highest BCUT2D eigenvalue weighted by Gasteiger charge is 2.15. The Labute approximate surface area is 246 Å². The third-order valence-electron chi connectivity index (χ3n) is 8.91. The normalized spacial score (nSPS) is 11.8. The molecule has 0 unspecified atom stereocenters. The molecule has 0 fully saturated rings. The minimum Gasteiger partial charge on any atom is -0.341 e. The minimum atomic E-state index is 0.941. The zero-order valence-electron chi connectivity index (χ0n) is 24.0. The van der Waals surface area contributed by atoms with Gasteiger partial charge in [0.2, 0.25) is 0 Å². The zero-order valence-corrected chi connectivity index (χ0v) is 24.0. The summed E-state index contributed by atoms with van der Waals surface area (Å²) < 4.78 is 4.87. The predicted octanol–water partition coefficient (Wildman–Crippen LogP) is 10.9. The largest absolute Gasteiger partial charge is 0.341 e. The monoisotopic (exact) mass is 540 g/mol. The molecule has 2 heterocycles. The van der Waals surface area contributed by atoms with Crippen molar-refractivity contribution >= 4 is 43.6 Å². The van der Waals surface area contributed by atoms with Gasteiger partial charge in [0.1, 0.15) is 0 Å². The van der Waals surface area contributed by atoms with Crippen LogP contribution in [-0.2, 0) is 13.1 Å². The van der Waals surface area contributed by atoms with E-state index in [1.807, 2.05) is 0 Å². The smallest absolute Gasteiger partial charge is 0.0491 e. The van der Waals surface area contributed by atoms with Crippen LogP contribution in [-0.4, -0.2) is 9.13 Å². The fourth-order valence-electron chi connectivity index (χ4n) is 6.87. The quantitative estimate of drug-likeness (QED) is 0.205. The van der Waals surface area contributed by atoms with E-state index in [1.54, 1.807) is 0 Å². The summed E-state index contributed by atoms with van der Waals surface area (Å²) in [5.41, 5.74) is 12.7. The Morgan fingerprint density at radius 3 is 0.905 bits per heavy atom. The van der Waals surface area contributed by atoms with Gasteiger partial charge in [-0.2, -0.15) is 0 Å². The molecular weight excluding hydrogens is 508 g/mol. The van der Waals surface area contributed by atoms with E-state index in [-0.39, 0.29) is 0 Å². The topological polar surface area (TPSA) is 9.86 Å². The van der Waals surface area contributed by atoms with Gasteiger partial charge in [-0.3, -0.25) is 0 Å². The number of fused-ring (bicyclic) bond motifs is 6. The molecule has 8 aromatic rings. The lowest BCUT2D eigenvalue weighted by Gasteiger charge is -2.06. The molecule has 42 heavy (non-hydrogen) atoms. The number of benzene rings is 6. The van der Waals surface area contributed by atoms with E-state index < -0.39 is 0 Å². The maximum Gasteiger partial charge on any atom is 0.0491 e. The maximum absolute atomic E-state index is 2.44. The van der Waals surface area contributed by atoms with Crippen molar-refractivity contribution in [2.75, 3.05) is 0 Å². The van der Waals surface area contributed by atoms with Crippen LogP contribution in [0.3, 0.4) is 0 Å². The van der Waals surface area contributed by atoms with E-state index in [0.717, 1.165) is 13.1 Å². The van der Waals surface area contributed by atoms with Gasteiger partial charge in [0.15, 0.2) is 0 Å². The third-order valence-corrected chi connectivity index (χ3v) is 8.91. The van der Waals surface area contributed by atoms with Crippen LogP contribution in [0, 0.1) is 0 Å². The molecule has 0 bridgehead atoms.